The molecule has 166 valence electrons. The molecule has 0 unspecified atom stereocenters. The van der Waals surface area contributed by atoms with Crippen molar-refractivity contribution < 1.29 is 38.7 Å². The number of hydrogen-bond acceptors (Lipinski definition) is 6. The summed E-state index contributed by atoms with van der Waals surface area (Å²) < 4.78 is 15.4. The number of carbonyl (C=O) groups excluding carboxylic acids is 2. The standard InChI is InChI=1S/C21H29O8P/c1-19-7-5-13(22)9-12(19)3-4-14-15-6-8-21(25,17(24)11-29-30(26,27)28)20(15,2)10-16(23)18(14)19/h5,7,9,14-16,18,23,25H,3-4,6,8,10-11H2,1-2H3,(H2,26,27,28)/t14-,15-,16-,18-,19-,20-,21-/m0/s1. The van der Waals surface area contributed by atoms with E-state index in [1.807, 2.05) is 13.0 Å². The number of phosphoric ester groups is 1. The summed E-state index contributed by atoms with van der Waals surface area (Å²) >= 11 is 0. The topological polar surface area (TPSA) is 141 Å². The normalized spacial score (nSPS) is 45.4. The fourth-order valence-electron chi connectivity index (χ4n) is 7.05. The molecule has 0 aromatic heterocycles. The van der Waals surface area contributed by atoms with Crippen molar-refractivity contribution in [3.8, 4) is 0 Å². The van der Waals surface area contributed by atoms with E-state index in [0.717, 1.165) is 18.4 Å². The second kappa shape index (κ2) is 6.92. The van der Waals surface area contributed by atoms with Crippen molar-refractivity contribution >= 4 is 19.4 Å². The summed E-state index contributed by atoms with van der Waals surface area (Å²) in [5, 5.41) is 22.6. The van der Waals surface area contributed by atoms with Gasteiger partial charge in [0.2, 0.25) is 0 Å². The molecule has 0 aliphatic heterocycles. The van der Waals surface area contributed by atoms with E-state index in [-0.39, 0.29) is 36.4 Å². The van der Waals surface area contributed by atoms with Gasteiger partial charge in [-0.2, -0.15) is 0 Å². The number of hydrogen-bond donors (Lipinski definition) is 4. The Morgan fingerprint density at radius 1 is 1.30 bits per heavy atom. The lowest BCUT2D eigenvalue weighted by molar-refractivity contribution is -0.178. The molecule has 4 N–H and O–H groups in total. The summed E-state index contributed by atoms with van der Waals surface area (Å²) in [4.78, 5) is 42.5. The van der Waals surface area contributed by atoms with Crippen LogP contribution < -0.4 is 0 Å². The first-order valence-electron chi connectivity index (χ1n) is 10.4. The lowest BCUT2D eigenvalue weighted by Gasteiger charge is -2.59. The van der Waals surface area contributed by atoms with Crippen molar-refractivity contribution in [2.24, 2.45) is 28.6 Å². The number of allylic oxidation sites excluding steroid dienone is 4. The van der Waals surface area contributed by atoms with Gasteiger partial charge in [0.05, 0.1) is 6.10 Å². The summed E-state index contributed by atoms with van der Waals surface area (Å²) in [7, 11) is -4.84. The first-order valence-corrected chi connectivity index (χ1v) is 11.9. The van der Waals surface area contributed by atoms with E-state index in [1.54, 1.807) is 19.1 Å². The average molecular weight is 440 g/mol. The van der Waals surface area contributed by atoms with Crippen molar-refractivity contribution in [2.45, 2.75) is 57.7 Å². The fourth-order valence-corrected chi connectivity index (χ4v) is 7.34. The molecule has 4 aliphatic rings. The average Bonchev–Trinajstić information content (AvgIpc) is 2.91. The highest BCUT2D eigenvalue weighted by molar-refractivity contribution is 7.46. The van der Waals surface area contributed by atoms with Crippen LogP contribution in [0.15, 0.2) is 23.8 Å². The third-order valence-electron chi connectivity index (χ3n) is 8.47. The molecule has 0 aromatic rings. The Hall–Kier alpha value is -1.15. The van der Waals surface area contributed by atoms with Crippen LogP contribution in [-0.2, 0) is 18.7 Å². The maximum Gasteiger partial charge on any atom is 0.470 e. The molecule has 7 atom stereocenters. The number of aliphatic hydroxyl groups excluding tert-OH is 1. The van der Waals surface area contributed by atoms with E-state index in [1.165, 1.54) is 0 Å². The van der Waals surface area contributed by atoms with Crippen molar-refractivity contribution in [1.29, 1.82) is 0 Å². The molecule has 30 heavy (non-hydrogen) atoms. The number of fused-ring (bicyclic) bond motifs is 5. The largest absolute Gasteiger partial charge is 0.470 e. The van der Waals surface area contributed by atoms with Crippen LogP contribution in [0.1, 0.15) is 46.0 Å². The number of phosphoric acid groups is 1. The molecule has 0 spiro atoms. The predicted octanol–water partition coefficient (Wildman–Crippen LogP) is 1.67. The molecule has 0 amide bonds. The second-order valence-corrected chi connectivity index (χ2v) is 11.0. The number of ketones is 2. The molecule has 4 aliphatic carbocycles. The van der Waals surface area contributed by atoms with E-state index in [9.17, 15) is 24.4 Å². The quantitative estimate of drug-likeness (QED) is 0.484. The number of carbonyl (C=O) groups is 2. The minimum Gasteiger partial charge on any atom is -0.393 e. The molecule has 9 heteroatoms. The molecule has 0 saturated heterocycles. The zero-order valence-corrected chi connectivity index (χ0v) is 18.0. The summed E-state index contributed by atoms with van der Waals surface area (Å²) in [5.41, 5.74) is -2.15. The van der Waals surface area contributed by atoms with Gasteiger partial charge < -0.3 is 20.0 Å². The Bertz CT molecular complexity index is 889. The van der Waals surface area contributed by atoms with Crippen molar-refractivity contribution in [3.63, 3.8) is 0 Å². The number of Topliss-reactive ketones (excluding diaryl/α,β-unsaturated/α-hetero) is 1. The monoisotopic (exact) mass is 440 g/mol. The second-order valence-electron chi connectivity index (χ2n) is 9.80. The highest BCUT2D eigenvalue weighted by Gasteiger charge is 2.68. The highest BCUT2D eigenvalue weighted by Crippen LogP contribution is 2.67. The zero-order valence-electron chi connectivity index (χ0n) is 17.2. The Morgan fingerprint density at radius 3 is 2.67 bits per heavy atom. The third-order valence-corrected chi connectivity index (χ3v) is 8.94. The van der Waals surface area contributed by atoms with Crippen LogP contribution in [-0.4, -0.2) is 49.9 Å². The Labute approximate surface area is 175 Å². The van der Waals surface area contributed by atoms with Crippen LogP contribution in [0.3, 0.4) is 0 Å². The molecule has 0 aromatic carbocycles. The van der Waals surface area contributed by atoms with Crippen LogP contribution in [0, 0.1) is 28.6 Å². The first-order chi connectivity index (χ1) is 13.8. The van der Waals surface area contributed by atoms with E-state index < -0.39 is 42.7 Å². The van der Waals surface area contributed by atoms with Gasteiger partial charge in [0, 0.05) is 16.7 Å². The van der Waals surface area contributed by atoms with Gasteiger partial charge in [-0.1, -0.05) is 25.5 Å². The van der Waals surface area contributed by atoms with Crippen LogP contribution in [0.4, 0.5) is 0 Å². The highest BCUT2D eigenvalue weighted by atomic mass is 31.2. The lowest BCUT2D eigenvalue weighted by Crippen LogP contribution is -2.61. The van der Waals surface area contributed by atoms with Crippen molar-refractivity contribution in [2.75, 3.05) is 6.61 Å². The lowest BCUT2D eigenvalue weighted by atomic mass is 9.46. The molecular formula is C21H29O8P. The number of aliphatic hydroxyl groups is 2. The number of rotatable bonds is 4. The summed E-state index contributed by atoms with van der Waals surface area (Å²) in [6.45, 7) is 2.97. The summed E-state index contributed by atoms with van der Waals surface area (Å²) in [5.74, 6) is -0.888. The zero-order chi connectivity index (χ0) is 22.1. The van der Waals surface area contributed by atoms with Gasteiger partial charge >= 0.3 is 7.82 Å². The van der Waals surface area contributed by atoms with Gasteiger partial charge in [0.15, 0.2) is 11.6 Å². The van der Waals surface area contributed by atoms with Gasteiger partial charge in [-0.25, -0.2) is 4.57 Å². The van der Waals surface area contributed by atoms with Crippen molar-refractivity contribution in [1.82, 2.24) is 0 Å². The molecule has 0 radical (unpaired) electrons. The van der Waals surface area contributed by atoms with E-state index in [0.29, 0.717) is 6.42 Å². The molecular weight excluding hydrogens is 411 g/mol. The van der Waals surface area contributed by atoms with Crippen LogP contribution in [0.2, 0.25) is 0 Å². The Balaban J connectivity index is 1.65. The van der Waals surface area contributed by atoms with Gasteiger partial charge in [0.1, 0.15) is 12.2 Å². The van der Waals surface area contributed by atoms with E-state index >= 15 is 0 Å². The minimum atomic E-state index is -4.84. The maximum absolute atomic E-state index is 12.8. The summed E-state index contributed by atoms with van der Waals surface area (Å²) in [6.07, 6.45) is 6.76. The Kier molecular flexibility index (Phi) is 5.09. The maximum atomic E-state index is 12.8. The molecule has 4 rings (SSSR count). The predicted molar refractivity (Wildman–Crippen MR) is 106 cm³/mol. The Morgan fingerprint density at radius 2 is 2.00 bits per heavy atom. The fraction of sp³-hybridized carbons (Fsp3) is 0.714. The van der Waals surface area contributed by atoms with Crippen LogP contribution in [0.5, 0.6) is 0 Å². The van der Waals surface area contributed by atoms with Gasteiger partial charge in [-0.15, -0.1) is 0 Å². The smallest absolute Gasteiger partial charge is 0.393 e. The first kappa shape index (κ1) is 22.1. The van der Waals surface area contributed by atoms with Crippen LogP contribution in [0.25, 0.3) is 0 Å². The van der Waals surface area contributed by atoms with Gasteiger partial charge in [-0.05, 0) is 56.1 Å². The van der Waals surface area contributed by atoms with Gasteiger partial charge in [-0.3, -0.25) is 14.1 Å². The molecule has 0 bridgehead atoms. The van der Waals surface area contributed by atoms with Gasteiger partial charge in [0.25, 0.3) is 0 Å². The molecule has 3 fully saturated rings. The molecule has 8 nitrogen and oxygen atoms in total. The minimum absolute atomic E-state index is 0.0284. The van der Waals surface area contributed by atoms with E-state index in [4.69, 9.17) is 9.79 Å². The summed E-state index contributed by atoms with van der Waals surface area (Å²) in [6, 6.07) is 0. The molecule has 3 saturated carbocycles. The third kappa shape index (κ3) is 3.12. The molecule has 0 heterocycles. The van der Waals surface area contributed by atoms with E-state index in [2.05, 4.69) is 4.52 Å². The van der Waals surface area contributed by atoms with Crippen LogP contribution >= 0.6 is 7.82 Å². The SMILES string of the molecule is C[C@]12C=CC(=O)C=C1CC[C@@H]1[C@H]2[C@@H](O)C[C@@]2(C)[C@H]1CC[C@]2(O)C(=O)COP(=O)(O)O. The van der Waals surface area contributed by atoms with Crippen molar-refractivity contribution in [3.05, 3.63) is 23.8 Å².